The molecule has 0 radical (unpaired) electrons. The number of nitrogens with one attached hydrogen (secondary N) is 1. The molecule has 0 aromatic heterocycles. The van der Waals surface area contributed by atoms with Crippen LogP contribution in [0.25, 0.3) is 0 Å². The predicted molar refractivity (Wildman–Crippen MR) is 94.7 cm³/mol. The summed E-state index contributed by atoms with van der Waals surface area (Å²) in [5.74, 6) is 5.68. The van der Waals surface area contributed by atoms with Gasteiger partial charge in [-0.15, -0.1) is 0 Å². The zero-order valence-corrected chi connectivity index (χ0v) is 13.9. The molecular formula is C21H20FNO2. The van der Waals surface area contributed by atoms with Gasteiger partial charge in [-0.25, -0.2) is 4.39 Å². The normalized spacial score (nSPS) is 16.6. The van der Waals surface area contributed by atoms with Gasteiger partial charge in [0.1, 0.15) is 5.82 Å². The van der Waals surface area contributed by atoms with Crippen LogP contribution in [-0.2, 0) is 4.74 Å². The number of carbonyl (C=O) groups is 1. The van der Waals surface area contributed by atoms with E-state index in [1.807, 2.05) is 0 Å². The fourth-order valence-electron chi connectivity index (χ4n) is 2.71. The average Bonchev–Trinajstić information content (AvgIpc) is 2.67. The van der Waals surface area contributed by atoms with Gasteiger partial charge in [0.25, 0.3) is 5.91 Å². The van der Waals surface area contributed by atoms with Crippen molar-refractivity contribution in [1.29, 1.82) is 0 Å². The van der Waals surface area contributed by atoms with Crippen LogP contribution < -0.4 is 5.32 Å². The van der Waals surface area contributed by atoms with Gasteiger partial charge in [0.2, 0.25) is 0 Å². The number of halogens is 1. The van der Waals surface area contributed by atoms with E-state index >= 15 is 0 Å². The summed E-state index contributed by atoms with van der Waals surface area (Å²) in [6.07, 6.45) is 2.14. The number of hydrogen-bond donors (Lipinski definition) is 1. The standard InChI is InChI=1S/C21H20FNO2/c22-20-6-2-1-5-18(20)10-7-16-8-11-19(12-9-16)21(24)23-14-17-4-3-13-25-15-17/h1-2,5-6,8-9,11-12,17H,3-4,13-15H2,(H,23,24)/t17-/m0/s1. The SMILES string of the molecule is O=C(NC[C@@H]1CCCOC1)c1ccc(C#Cc2ccccc2F)cc1. The van der Waals surface area contributed by atoms with Crippen molar-refractivity contribution < 1.29 is 13.9 Å². The molecule has 3 nitrogen and oxygen atoms in total. The highest BCUT2D eigenvalue weighted by atomic mass is 19.1. The molecule has 0 bridgehead atoms. The molecule has 1 aliphatic heterocycles. The lowest BCUT2D eigenvalue weighted by molar-refractivity contribution is 0.0536. The molecule has 0 saturated carbocycles. The van der Waals surface area contributed by atoms with Crippen molar-refractivity contribution in [1.82, 2.24) is 5.32 Å². The van der Waals surface area contributed by atoms with Crippen molar-refractivity contribution in [2.75, 3.05) is 19.8 Å². The third-order valence-corrected chi connectivity index (χ3v) is 4.17. The Hall–Kier alpha value is -2.64. The summed E-state index contributed by atoms with van der Waals surface area (Å²) in [6.45, 7) is 2.17. The van der Waals surface area contributed by atoms with Gasteiger partial charge in [-0.2, -0.15) is 0 Å². The molecule has 25 heavy (non-hydrogen) atoms. The fraction of sp³-hybridized carbons (Fsp3) is 0.286. The second kappa shape index (κ2) is 8.46. The second-order valence-electron chi connectivity index (χ2n) is 6.10. The Balaban J connectivity index is 1.58. The molecule has 0 unspecified atom stereocenters. The monoisotopic (exact) mass is 337 g/mol. The van der Waals surface area contributed by atoms with Crippen molar-refractivity contribution in [3.63, 3.8) is 0 Å². The van der Waals surface area contributed by atoms with Crippen LogP contribution in [0.15, 0.2) is 48.5 Å². The smallest absolute Gasteiger partial charge is 0.251 e. The first kappa shape index (κ1) is 17.2. The molecule has 2 aromatic carbocycles. The van der Waals surface area contributed by atoms with E-state index in [9.17, 15) is 9.18 Å². The number of hydrogen-bond acceptors (Lipinski definition) is 2. The van der Waals surface area contributed by atoms with Crippen molar-refractivity contribution in [2.24, 2.45) is 5.92 Å². The molecule has 1 fully saturated rings. The van der Waals surface area contributed by atoms with Crippen LogP contribution in [0, 0.1) is 23.6 Å². The lowest BCUT2D eigenvalue weighted by Gasteiger charge is -2.22. The van der Waals surface area contributed by atoms with Gasteiger partial charge in [-0.05, 0) is 55.2 Å². The Kier molecular flexibility index (Phi) is 5.81. The highest BCUT2D eigenvalue weighted by molar-refractivity contribution is 5.94. The van der Waals surface area contributed by atoms with E-state index in [4.69, 9.17) is 4.74 Å². The van der Waals surface area contributed by atoms with E-state index in [-0.39, 0.29) is 11.7 Å². The molecule has 1 aliphatic rings. The van der Waals surface area contributed by atoms with Crippen LogP contribution in [0.5, 0.6) is 0 Å². The number of benzene rings is 2. The third-order valence-electron chi connectivity index (χ3n) is 4.17. The quantitative estimate of drug-likeness (QED) is 0.872. The number of rotatable bonds is 3. The summed E-state index contributed by atoms with van der Waals surface area (Å²) >= 11 is 0. The maximum atomic E-state index is 13.5. The van der Waals surface area contributed by atoms with E-state index in [1.165, 1.54) is 6.07 Å². The fourth-order valence-corrected chi connectivity index (χ4v) is 2.71. The van der Waals surface area contributed by atoms with Crippen molar-refractivity contribution >= 4 is 5.91 Å². The van der Waals surface area contributed by atoms with E-state index < -0.39 is 0 Å². The molecule has 4 heteroatoms. The first-order valence-electron chi connectivity index (χ1n) is 8.45. The minimum atomic E-state index is -0.335. The highest BCUT2D eigenvalue weighted by Gasteiger charge is 2.15. The number of amides is 1. The summed E-state index contributed by atoms with van der Waals surface area (Å²) in [5.41, 5.74) is 1.69. The van der Waals surface area contributed by atoms with Crippen LogP contribution in [0.1, 0.15) is 34.3 Å². The molecule has 0 spiro atoms. The lowest BCUT2D eigenvalue weighted by Crippen LogP contribution is -2.33. The Morgan fingerprint density at radius 2 is 1.96 bits per heavy atom. The summed E-state index contributed by atoms with van der Waals surface area (Å²) in [4.78, 5) is 12.2. The molecule has 1 amide bonds. The Morgan fingerprint density at radius 1 is 1.16 bits per heavy atom. The van der Waals surface area contributed by atoms with Crippen LogP contribution in [0.4, 0.5) is 4.39 Å². The molecule has 2 aromatic rings. The minimum absolute atomic E-state index is 0.0980. The molecule has 1 atom stereocenters. The maximum Gasteiger partial charge on any atom is 0.251 e. The van der Waals surface area contributed by atoms with Gasteiger partial charge in [0, 0.05) is 24.3 Å². The Morgan fingerprint density at radius 3 is 2.68 bits per heavy atom. The Labute approximate surface area is 147 Å². The second-order valence-corrected chi connectivity index (χ2v) is 6.10. The van der Waals surface area contributed by atoms with Crippen LogP contribution in [0.2, 0.25) is 0 Å². The molecular weight excluding hydrogens is 317 g/mol. The van der Waals surface area contributed by atoms with Crippen LogP contribution >= 0.6 is 0 Å². The summed E-state index contributed by atoms with van der Waals surface area (Å²) < 4.78 is 19.0. The molecule has 1 saturated heterocycles. The number of ether oxygens (including phenoxy) is 1. The summed E-state index contributed by atoms with van der Waals surface area (Å²) in [5, 5.41) is 2.95. The van der Waals surface area contributed by atoms with Gasteiger partial charge in [0.15, 0.2) is 0 Å². The largest absolute Gasteiger partial charge is 0.381 e. The lowest BCUT2D eigenvalue weighted by atomic mass is 10.0. The molecule has 1 heterocycles. The highest BCUT2D eigenvalue weighted by Crippen LogP contribution is 2.12. The molecule has 0 aliphatic carbocycles. The van der Waals surface area contributed by atoms with E-state index in [2.05, 4.69) is 17.2 Å². The Bertz CT molecular complexity index is 784. The maximum absolute atomic E-state index is 13.5. The van der Waals surface area contributed by atoms with Gasteiger partial charge >= 0.3 is 0 Å². The summed E-state index contributed by atoms with van der Waals surface area (Å²) in [7, 11) is 0. The van der Waals surface area contributed by atoms with E-state index in [0.717, 1.165) is 25.0 Å². The number of carbonyl (C=O) groups excluding carboxylic acids is 1. The molecule has 1 N–H and O–H groups in total. The topological polar surface area (TPSA) is 38.3 Å². The summed E-state index contributed by atoms with van der Waals surface area (Å²) in [6, 6.07) is 13.4. The van der Waals surface area contributed by atoms with Crippen molar-refractivity contribution in [3.05, 3.63) is 71.0 Å². The third kappa shape index (κ3) is 4.91. The van der Waals surface area contributed by atoms with Gasteiger partial charge in [-0.1, -0.05) is 24.0 Å². The van der Waals surface area contributed by atoms with Crippen molar-refractivity contribution in [3.8, 4) is 11.8 Å². The zero-order valence-electron chi connectivity index (χ0n) is 13.9. The average molecular weight is 337 g/mol. The zero-order chi connectivity index (χ0) is 17.5. The molecule has 3 rings (SSSR count). The first-order chi connectivity index (χ1) is 12.2. The van der Waals surface area contributed by atoms with Gasteiger partial charge in [0.05, 0.1) is 12.2 Å². The van der Waals surface area contributed by atoms with Crippen LogP contribution in [-0.4, -0.2) is 25.7 Å². The first-order valence-corrected chi connectivity index (χ1v) is 8.45. The van der Waals surface area contributed by atoms with Gasteiger partial charge in [-0.3, -0.25) is 4.79 Å². The molecule has 128 valence electrons. The minimum Gasteiger partial charge on any atom is -0.381 e. The van der Waals surface area contributed by atoms with Gasteiger partial charge < -0.3 is 10.1 Å². The van der Waals surface area contributed by atoms with Crippen LogP contribution in [0.3, 0.4) is 0 Å². The predicted octanol–water partition coefficient (Wildman–Crippen LogP) is 3.38. The van der Waals surface area contributed by atoms with Crippen molar-refractivity contribution in [2.45, 2.75) is 12.8 Å². The van der Waals surface area contributed by atoms with E-state index in [1.54, 1.807) is 42.5 Å². The van der Waals surface area contributed by atoms with E-state index in [0.29, 0.717) is 30.2 Å².